The molecule has 20 heavy (non-hydrogen) atoms. The molecule has 0 radical (unpaired) electrons. The van der Waals surface area contributed by atoms with Crippen LogP contribution >= 0.6 is 11.3 Å². The van der Waals surface area contributed by atoms with Crippen molar-refractivity contribution in [2.75, 3.05) is 13.1 Å². The summed E-state index contributed by atoms with van der Waals surface area (Å²) in [5.41, 5.74) is 2.24. The quantitative estimate of drug-likeness (QED) is 0.923. The van der Waals surface area contributed by atoms with Gasteiger partial charge in [-0.3, -0.25) is 9.88 Å². The minimum absolute atomic E-state index is 0.304. The van der Waals surface area contributed by atoms with Crippen LogP contribution in [0.1, 0.15) is 45.9 Å². The third-order valence-corrected chi connectivity index (χ3v) is 5.38. The topological polar surface area (TPSA) is 28.2 Å². The Balaban J connectivity index is 2.10. The minimum atomic E-state index is 0.304. The van der Waals surface area contributed by atoms with E-state index in [1.165, 1.54) is 11.3 Å². The van der Waals surface area contributed by atoms with Gasteiger partial charge in [0.2, 0.25) is 0 Å². The van der Waals surface area contributed by atoms with E-state index in [1.807, 2.05) is 11.7 Å². The molecule has 1 N–H and O–H groups in total. The van der Waals surface area contributed by atoms with Gasteiger partial charge in [0.15, 0.2) is 0 Å². The summed E-state index contributed by atoms with van der Waals surface area (Å²) >= 11 is 1.77. The smallest absolute Gasteiger partial charge is 0.0794 e. The minimum Gasteiger partial charge on any atom is -0.311 e. The monoisotopic (exact) mass is 295 g/mol. The number of nitrogens with one attached hydrogen (secondary N) is 1. The van der Waals surface area contributed by atoms with Crippen molar-refractivity contribution in [2.45, 2.75) is 59.7 Å². The van der Waals surface area contributed by atoms with Crippen molar-refractivity contribution in [3.05, 3.63) is 16.6 Å². The van der Waals surface area contributed by atoms with Crippen LogP contribution in [0.3, 0.4) is 0 Å². The van der Waals surface area contributed by atoms with E-state index >= 15 is 0 Å². The molecule has 0 bridgehead atoms. The highest BCUT2D eigenvalue weighted by Gasteiger charge is 2.36. The first kappa shape index (κ1) is 15.9. The van der Waals surface area contributed by atoms with Crippen molar-refractivity contribution in [2.24, 2.45) is 11.3 Å². The third kappa shape index (κ3) is 3.80. The molecule has 2 rings (SSSR count). The van der Waals surface area contributed by atoms with E-state index in [1.54, 1.807) is 11.3 Å². The van der Waals surface area contributed by atoms with Gasteiger partial charge in [-0.2, -0.15) is 0 Å². The lowest BCUT2D eigenvalue weighted by atomic mass is 9.82. The lowest BCUT2D eigenvalue weighted by molar-refractivity contribution is 0.0386. The zero-order valence-corrected chi connectivity index (χ0v) is 14.3. The molecule has 1 aromatic heterocycles. The van der Waals surface area contributed by atoms with Crippen molar-refractivity contribution in [3.63, 3.8) is 0 Å². The van der Waals surface area contributed by atoms with Crippen LogP contribution in [-0.2, 0) is 6.54 Å². The number of rotatable bonds is 4. The number of thiazole rings is 1. The Bertz CT molecular complexity index is 396. The van der Waals surface area contributed by atoms with Gasteiger partial charge in [0.05, 0.1) is 5.51 Å². The van der Waals surface area contributed by atoms with E-state index in [9.17, 15) is 0 Å². The highest BCUT2D eigenvalue weighted by atomic mass is 32.1. The molecule has 1 aromatic rings. The standard InChI is InChI=1S/C16H29N3S/c1-6-12(2)14-10-19(9-13-7-17-11-20-13)15(8-18-14)16(3,4)5/h7,11-12,14-15,18H,6,8-10H2,1-5H3. The van der Waals surface area contributed by atoms with E-state index < -0.39 is 0 Å². The first-order valence-corrected chi connectivity index (χ1v) is 8.64. The number of nitrogens with zero attached hydrogens (tertiary/aromatic N) is 2. The van der Waals surface area contributed by atoms with Gasteiger partial charge >= 0.3 is 0 Å². The molecule has 0 spiro atoms. The molecule has 1 fully saturated rings. The highest BCUT2D eigenvalue weighted by molar-refractivity contribution is 7.09. The average molecular weight is 295 g/mol. The van der Waals surface area contributed by atoms with E-state index in [0.29, 0.717) is 17.5 Å². The maximum absolute atomic E-state index is 4.22. The normalized spacial score (nSPS) is 26.6. The molecular formula is C16H29N3S. The van der Waals surface area contributed by atoms with Crippen molar-refractivity contribution in [1.82, 2.24) is 15.2 Å². The second-order valence-electron chi connectivity index (χ2n) is 7.18. The number of piperazine rings is 1. The van der Waals surface area contributed by atoms with Crippen molar-refractivity contribution < 1.29 is 0 Å². The number of aromatic nitrogens is 1. The van der Waals surface area contributed by atoms with Crippen LogP contribution in [0.15, 0.2) is 11.7 Å². The molecule has 114 valence electrons. The van der Waals surface area contributed by atoms with Crippen LogP contribution in [-0.4, -0.2) is 35.1 Å². The summed E-state index contributed by atoms with van der Waals surface area (Å²) in [6.45, 7) is 15.0. The van der Waals surface area contributed by atoms with Crippen LogP contribution in [0.5, 0.6) is 0 Å². The van der Waals surface area contributed by atoms with Crippen LogP contribution in [0.25, 0.3) is 0 Å². The van der Waals surface area contributed by atoms with Gasteiger partial charge < -0.3 is 5.32 Å². The third-order valence-electron chi connectivity index (χ3n) is 4.62. The lowest BCUT2D eigenvalue weighted by Crippen LogP contribution is -2.61. The van der Waals surface area contributed by atoms with Crippen LogP contribution < -0.4 is 5.32 Å². The maximum atomic E-state index is 4.22. The Kier molecular flexibility index (Phi) is 5.21. The number of hydrogen-bond donors (Lipinski definition) is 1. The van der Waals surface area contributed by atoms with Gasteiger partial charge in [0.1, 0.15) is 0 Å². The van der Waals surface area contributed by atoms with Crippen molar-refractivity contribution in [1.29, 1.82) is 0 Å². The summed E-state index contributed by atoms with van der Waals surface area (Å²) in [5, 5.41) is 3.78. The van der Waals surface area contributed by atoms with Gasteiger partial charge in [0, 0.05) is 42.8 Å². The Morgan fingerprint density at radius 2 is 2.25 bits per heavy atom. The van der Waals surface area contributed by atoms with Crippen LogP contribution in [0.4, 0.5) is 0 Å². The second-order valence-corrected chi connectivity index (χ2v) is 8.15. The van der Waals surface area contributed by atoms with E-state index in [0.717, 1.165) is 25.6 Å². The Labute approximate surface area is 127 Å². The summed E-state index contributed by atoms with van der Waals surface area (Å²) in [5.74, 6) is 0.736. The van der Waals surface area contributed by atoms with Crippen molar-refractivity contribution >= 4 is 11.3 Å². The SMILES string of the molecule is CCC(C)C1CN(Cc2cncs2)C(C(C)(C)C)CN1. The molecule has 0 saturated carbocycles. The largest absolute Gasteiger partial charge is 0.311 e. The summed E-state index contributed by atoms with van der Waals surface area (Å²) in [6, 6.07) is 1.21. The molecular weight excluding hydrogens is 266 g/mol. The highest BCUT2D eigenvalue weighted by Crippen LogP contribution is 2.29. The van der Waals surface area contributed by atoms with Gasteiger partial charge in [-0.05, 0) is 11.3 Å². The van der Waals surface area contributed by atoms with Crippen LogP contribution in [0, 0.1) is 11.3 Å². The summed E-state index contributed by atoms with van der Waals surface area (Å²) in [7, 11) is 0. The Morgan fingerprint density at radius 3 is 2.80 bits per heavy atom. The zero-order chi connectivity index (χ0) is 14.8. The fourth-order valence-electron chi connectivity index (χ4n) is 3.05. The first-order chi connectivity index (χ1) is 9.41. The van der Waals surface area contributed by atoms with E-state index in [-0.39, 0.29) is 0 Å². The fraction of sp³-hybridized carbons (Fsp3) is 0.812. The van der Waals surface area contributed by atoms with E-state index in [2.05, 4.69) is 49.8 Å². The Morgan fingerprint density at radius 1 is 1.50 bits per heavy atom. The van der Waals surface area contributed by atoms with E-state index in [4.69, 9.17) is 0 Å². The predicted molar refractivity (Wildman–Crippen MR) is 87.0 cm³/mol. The maximum Gasteiger partial charge on any atom is 0.0794 e. The molecule has 3 atom stereocenters. The van der Waals surface area contributed by atoms with Gasteiger partial charge in [-0.25, -0.2) is 0 Å². The molecule has 3 unspecified atom stereocenters. The molecule has 1 aliphatic rings. The van der Waals surface area contributed by atoms with Gasteiger partial charge in [0.25, 0.3) is 0 Å². The molecule has 1 saturated heterocycles. The summed E-state index contributed by atoms with van der Waals surface area (Å²) < 4.78 is 0. The molecule has 1 aliphatic heterocycles. The molecule has 0 aliphatic carbocycles. The van der Waals surface area contributed by atoms with Gasteiger partial charge in [-0.15, -0.1) is 11.3 Å². The lowest BCUT2D eigenvalue weighted by Gasteiger charge is -2.47. The average Bonchev–Trinajstić information content (AvgIpc) is 2.89. The van der Waals surface area contributed by atoms with Crippen LogP contribution in [0.2, 0.25) is 0 Å². The number of hydrogen-bond acceptors (Lipinski definition) is 4. The summed E-state index contributed by atoms with van der Waals surface area (Å²) in [4.78, 5) is 8.27. The van der Waals surface area contributed by atoms with Gasteiger partial charge in [-0.1, -0.05) is 41.0 Å². The zero-order valence-electron chi connectivity index (χ0n) is 13.5. The predicted octanol–water partition coefficient (Wildman–Crippen LogP) is 3.38. The van der Waals surface area contributed by atoms with Crippen molar-refractivity contribution in [3.8, 4) is 0 Å². The molecule has 2 heterocycles. The fourth-order valence-corrected chi connectivity index (χ4v) is 3.67. The first-order valence-electron chi connectivity index (χ1n) is 7.76. The molecule has 0 aromatic carbocycles. The Hall–Kier alpha value is -0.450. The molecule has 4 heteroatoms. The second kappa shape index (κ2) is 6.54. The molecule has 3 nitrogen and oxygen atoms in total. The molecule has 0 amide bonds. The summed E-state index contributed by atoms with van der Waals surface area (Å²) in [6.07, 6.45) is 3.26.